The van der Waals surface area contributed by atoms with E-state index in [0.29, 0.717) is 6.61 Å². The first-order valence-electron chi connectivity index (χ1n) is 5.24. The van der Waals surface area contributed by atoms with Gasteiger partial charge < -0.3 is 14.6 Å². The van der Waals surface area contributed by atoms with Crippen molar-refractivity contribution in [3.63, 3.8) is 0 Å². The molecule has 0 radical (unpaired) electrons. The van der Waals surface area contributed by atoms with Crippen LogP contribution in [0.3, 0.4) is 0 Å². The van der Waals surface area contributed by atoms with Crippen LogP contribution in [-0.2, 0) is 16.1 Å². The summed E-state index contributed by atoms with van der Waals surface area (Å²) >= 11 is 0. The monoisotopic (exact) mass is 236 g/mol. The molecule has 0 aromatic heterocycles. The average molecular weight is 236 g/mol. The maximum Gasteiger partial charge on any atom is 0.331 e. The second-order valence-electron chi connectivity index (χ2n) is 3.56. The molecule has 0 heterocycles. The van der Waals surface area contributed by atoms with Gasteiger partial charge in [0.25, 0.3) is 0 Å². The quantitative estimate of drug-likeness (QED) is 0.608. The molecule has 0 fully saturated rings. The van der Waals surface area contributed by atoms with E-state index in [9.17, 15) is 4.79 Å². The fourth-order valence-electron chi connectivity index (χ4n) is 1.21. The molecule has 1 aromatic carbocycles. The lowest BCUT2D eigenvalue weighted by Crippen LogP contribution is -1.99. The van der Waals surface area contributed by atoms with Crippen molar-refractivity contribution < 1.29 is 19.4 Å². The van der Waals surface area contributed by atoms with Gasteiger partial charge in [-0.15, -0.1) is 0 Å². The summed E-state index contributed by atoms with van der Waals surface area (Å²) < 4.78 is 10.4. The Labute approximate surface area is 100 Å². The Morgan fingerprint density at radius 1 is 1.47 bits per heavy atom. The topological polar surface area (TPSA) is 55.8 Å². The highest BCUT2D eigenvalue weighted by atomic mass is 16.5. The van der Waals surface area contributed by atoms with Crippen molar-refractivity contribution in [3.8, 4) is 5.75 Å². The molecular formula is C13H16O4. The van der Waals surface area contributed by atoms with Gasteiger partial charge >= 0.3 is 5.97 Å². The lowest BCUT2D eigenvalue weighted by atomic mass is 10.2. The van der Waals surface area contributed by atoms with Crippen LogP contribution in [0.4, 0.5) is 0 Å². The second kappa shape index (κ2) is 6.70. The van der Waals surface area contributed by atoms with Gasteiger partial charge in [0.15, 0.2) is 0 Å². The summed E-state index contributed by atoms with van der Waals surface area (Å²) in [5.41, 5.74) is 1.28. The number of ether oxygens (including phenoxy) is 2. The molecule has 0 aliphatic heterocycles. The smallest absolute Gasteiger partial charge is 0.331 e. The molecule has 0 saturated heterocycles. The van der Waals surface area contributed by atoms with Gasteiger partial charge in [-0.3, -0.25) is 0 Å². The molecule has 1 N–H and O–H groups in total. The molecule has 4 heteroatoms. The number of aliphatic carboxylic acids is 1. The Balaban J connectivity index is 2.40. The van der Waals surface area contributed by atoms with E-state index in [1.54, 1.807) is 13.2 Å². The summed E-state index contributed by atoms with van der Waals surface area (Å²) in [6.07, 6.45) is 1.54. The third-order valence-electron chi connectivity index (χ3n) is 2.25. The molecule has 0 bridgehead atoms. The van der Waals surface area contributed by atoms with Crippen molar-refractivity contribution >= 4 is 5.97 Å². The van der Waals surface area contributed by atoms with E-state index in [1.165, 1.54) is 6.92 Å². The molecule has 4 nitrogen and oxygen atoms in total. The van der Waals surface area contributed by atoms with Crippen molar-refractivity contribution in [2.24, 2.45) is 0 Å². The minimum Gasteiger partial charge on any atom is -0.497 e. The summed E-state index contributed by atoms with van der Waals surface area (Å²) in [4.78, 5) is 10.5. The van der Waals surface area contributed by atoms with Gasteiger partial charge in [-0.2, -0.15) is 0 Å². The molecule has 0 amide bonds. The molecule has 0 spiro atoms. The van der Waals surface area contributed by atoms with Gasteiger partial charge in [-0.25, -0.2) is 4.79 Å². The van der Waals surface area contributed by atoms with E-state index in [4.69, 9.17) is 14.6 Å². The van der Waals surface area contributed by atoms with Crippen LogP contribution in [0.2, 0.25) is 0 Å². The number of carbonyl (C=O) groups is 1. The van der Waals surface area contributed by atoms with Crippen molar-refractivity contribution in [2.75, 3.05) is 13.7 Å². The van der Waals surface area contributed by atoms with Crippen molar-refractivity contribution in [2.45, 2.75) is 13.5 Å². The number of hydrogen-bond acceptors (Lipinski definition) is 3. The van der Waals surface area contributed by atoms with E-state index < -0.39 is 5.97 Å². The third-order valence-corrected chi connectivity index (χ3v) is 2.25. The largest absolute Gasteiger partial charge is 0.497 e. The summed E-state index contributed by atoms with van der Waals surface area (Å²) in [6, 6.07) is 7.55. The van der Waals surface area contributed by atoms with Crippen LogP contribution in [0, 0.1) is 0 Å². The number of benzene rings is 1. The molecule has 1 aromatic rings. The van der Waals surface area contributed by atoms with Crippen LogP contribution in [0.1, 0.15) is 12.5 Å². The third kappa shape index (κ3) is 4.70. The minimum absolute atomic E-state index is 0.287. The molecule has 0 aliphatic rings. The Kier molecular flexibility index (Phi) is 5.23. The lowest BCUT2D eigenvalue weighted by Gasteiger charge is -2.04. The lowest BCUT2D eigenvalue weighted by molar-refractivity contribution is -0.132. The average Bonchev–Trinajstić information content (AvgIpc) is 2.34. The van der Waals surface area contributed by atoms with E-state index >= 15 is 0 Å². The van der Waals surface area contributed by atoms with Gasteiger partial charge in [0.05, 0.1) is 20.3 Å². The SMILES string of the molecule is COc1cccc(COCC=C(C)C(=O)O)c1. The minimum atomic E-state index is -0.921. The summed E-state index contributed by atoms with van der Waals surface area (Å²) in [5, 5.41) is 8.63. The predicted octanol–water partition coefficient (Wildman–Crippen LogP) is 2.24. The molecule has 0 unspecified atom stereocenters. The number of carboxylic acids is 1. The Morgan fingerprint density at radius 3 is 2.88 bits per heavy atom. The summed E-state index contributed by atoms with van der Waals surface area (Å²) in [5.74, 6) is -0.140. The molecule has 17 heavy (non-hydrogen) atoms. The zero-order chi connectivity index (χ0) is 12.7. The van der Waals surface area contributed by atoms with Gasteiger partial charge in [0.2, 0.25) is 0 Å². The van der Waals surface area contributed by atoms with Gasteiger partial charge in [-0.1, -0.05) is 12.1 Å². The van der Waals surface area contributed by atoms with Crippen LogP contribution in [0.5, 0.6) is 5.75 Å². The first-order chi connectivity index (χ1) is 8.13. The van der Waals surface area contributed by atoms with Gasteiger partial charge in [0.1, 0.15) is 5.75 Å². The van der Waals surface area contributed by atoms with E-state index in [-0.39, 0.29) is 12.2 Å². The Bertz CT molecular complexity index is 410. The van der Waals surface area contributed by atoms with Crippen molar-refractivity contribution in [3.05, 3.63) is 41.5 Å². The molecule has 0 atom stereocenters. The summed E-state index contributed by atoms with van der Waals surface area (Å²) in [6.45, 7) is 2.26. The van der Waals surface area contributed by atoms with Gasteiger partial charge in [0, 0.05) is 5.57 Å². The van der Waals surface area contributed by atoms with Crippen molar-refractivity contribution in [1.29, 1.82) is 0 Å². The van der Waals surface area contributed by atoms with E-state index in [0.717, 1.165) is 11.3 Å². The van der Waals surface area contributed by atoms with Crippen molar-refractivity contribution in [1.82, 2.24) is 0 Å². The Morgan fingerprint density at radius 2 is 2.24 bits per heavy atom. The number of hydrogen-bond donors (Lipinski definition) is 1. The predicted molar refractivity (Wildman–Crippen MR) is 64.0 cm³/mol. The highest BCUT2D eigenvalue weighted by Gasteiger charge is 1.99. The van der Waals surface area contributed by atoms with E-state index in [2.05, 4.69) is 0 Å². The number of carboxylic acid groups (broad SMARTS) is 1. The Hall–Kier alpha value is -1.81. The highest BCUT2D eigenvalue weighted by molar-refractivity contribution is 5.85. The molecule has 1 rings (SSSR count). The zero-order valence-corrected chi connectivity index (χ0v) is 9.97. The first-order valence-corrected chi connectivity index (χ1v) is 5.24. The standard InChI is InChI=1S/C13H16O4/c1-10(13(14)15)6-7-17-9-11-4-3-5-12(8-11)16-2/h3-6,8H,7,9H2,1-2H3,(H,14,15). The van der Waals surface area contributed by atoms with Crippen LogP contribution in [-0.4, -0.2) is 24.8 Å². The highest BCUT2D eigenvalue weighted by Crippen LogP contribution is 2.13. The van der Waals surface area contributed by atoms with Crippen LogP contribution in [0.15, 0.2) is 35.9 Å². The molecular weight excluding hydrogens is 220 g/mol. The fourth-order valence-corrected chi connectivity index (χ4v) is 1.21. The van der Waals surface area contributed by atoms with E-state index in [1.807, 2.05) is 24.3 Å². The second-order valence-corrected chi connectivity index (χ2v) is 3.56. The first kappa shape index (κ1) is 13.3. The number of rotatable bonds is 6. The van der Waals surface area contributed by atoms with Crippen LogP contribution >= 0.6 is 0 Å². The normalized spacial score (nSPS) is 11.3. The summed E-state index contributed by atoms with van der Waals surface area (Å²) in [7, 11) is 1.61. The number of methoxy groups -OCH3 is 1. The van der Waals surface area contributed by atoms with Crippen LogP contribution < -0.4 is 4.74 Å². The maximum absolute atomic E-state index is 10.5. The zero-order valence-electron chi connectivity index (χ0n) is 9.97. The van der Waals surface area contributed by atoms with Crippen LogP contribution in [0.25, 0.3) is 0 Å². The maximum atomic E-state index is 10.5. The molecule has 0 saturated carbocycles. The van der Waals surface area contributed by atoms with Gasteiger partial charge in [-0.05, 0) is 30.7 Å². The molecule has 0 aliphatic carbocycles. The molecule has 92 valence electrons. The fraction of sp³-hybridized carbons (Fsp3) is 0.308.